The summed E-state index contributed by atoms with van der Waals surface area (Å²) in [7, 11) is 0. The number of hydrogen-bond donors (Lipinski definition) is 1. The molecule has 0 aliphatic carbocycles. The van der Waals surface area contributed by atoms with Crippen LogP contribution in [0.1, 0.15) is 35.7 Å². The molecule has 0 radical (unpaired) electrons. The molecule has 0 atom stereocenters. The summed E-state index contributed by atoms with van der Waals surface area (Å²) in [5, 5.41) is 6.93. The van der Waals surface area contributed by atoms with Crippen molar-refractivity contribution in [1.82, 2.24) is 10.4 Å². The van der Waals surface area contributed by atoms with Gasteiger partial charge in [0.2, 0.25) is 0 Å². The lowest BCUT2D eigenvalue weighted by atomic mass is 10.1. The van der Waals surface area contributed by atoms with Crippen LogP contribution in [0.4, 0.5) is 0 Å². The lowest BCUT2D eigenvalue weighted by Gasteiger charge is -2.08. The van der Waals surface area contributed by atoms with Crippen LogP contribution in [0.5, 0.6) is 5.75 Å². The molecule has 5 nitrogen and oxygen atoms in total. The topological polar surface area (TPSA) is 63.6 Å². The average Bonchev–Trinajstić information content (AvgIpc) is 3.34. The monoisotopic (exact) mass is 429 g/mol. The Morgan fingerprint density at radius 3 is 2.74 bits per heavy atom. The van der Waals surface area contributed by atoms with Gasteiger partial charge in [0.25, 0.3) is 5.91 Å². The quantitative estimate of drug-likeness (QED) is 0.215. The number of para-hydroxylation sites is 1. The molecule has 1 amide bonds. The highest BCUT2D eigenvalue weighted by Crippen LogP contribution is 2.27. The van der Waals surface area contributed by atoms with E-state index in [2.05, 4.69) is 17.5 Å². The van der Waals surface area contributed by atoms with Crippen LogP contribution in [0, 0.1) is 0 Å². The fourth-order valence-electron chi connectivity index (χ4n) is 3.12. The summed E-state index contributed by atoms with van der Waals surface area (Å²) in [6.45, 7) is 2.85. The van der Waals surface area contributed by atoms with E-state index in [4.69, 9.17) is 9.72 Å². The smallest absolute Gasteiger partial charge is 0.272 e. The number of carbonyl (C=O) groups is 1. The van der Waals surface area contributed by atoms with Gasteiger partial charge in [-0.3, -0.25) is 4.79 Å². The van der Waals surface area contributed by atoms with Crippen LogP contribution in [-0.2, 0) is 0 Å². The van der Waals surface area contributed by atoms with Crippen molar-refractivity contribution in [3.8, 4) is 16.3 Å². The molecule has 6 heteroatoms. The summed E-state index contributed by atoms with van der Waals surface area (Å²) in [6.07, 6.45) is 3.76. The van der Waals surface area contributed by atoms with E-state index >= 15 is 0 Å². The van der Waals surface area contributed by atoms with E-state index in [0.717, 1.165) is 45.6 Å². The van der Waals surface area contributed by atoms with Crippen molar-refractivity contribution in [3.05, 3.63) is 83.2 Å². The highest BCUT2D eigenvalue weighted by Gasteiger charge is 2.13. The van der Waals surface area contributed by atoms with Crippen LogP contribution in [0.15, 0.2) is 77.2 Å². The molecule has 2 heterocycles. The number of hydrogen-bond acceptors (Lipinski definition) is 5. The van der Waals surface area contributed by atoms with Crippen LogP contribution in [0.2, 0.25) is 0 Å². The summed E-state index contributed by atoms with van der Waals surface area (Å²) >= 11 is 1.59. The molecule has 0 aliphatic rings. The SMILES string of the molecule is CCCCOc1ccc(/C=N\NC(=O)c2cc(-c3cccs3)nc3ccccc23)cc1. The van der Waals surface area contributed by atoms with Crippen LogP contribution in [0.25, 0.3) is 21.5 Å². The fraction of sp³-hybridized carbons (Fsp3) is 0.160. The molecule has 156 valence electrons. The second kappa shape index (κ2) is 10.00. The maximum absolute atomic E-state index is 12.9. The number of fused-ring (bicyclic) bond motifs is 1. The standard InChI is InChI=1S/C25H23N3O2S/c1-2-3-14-30-19-12-10-18(11-13-19)17-26-28-25(29)21-16-23(24-9-6-15-31-24)27-22-8-5-4-7-20(21)22/h4-13,15-17H,2-3,14H2,1H3,(H,28,29)/b26-17-. The number of carbonyl (C=O) groups excluding carboxylic acids is 1. The van der Waals surface area contributed by atoms with E-state index in [1.54, 1.807) is 17.6 Å². The lowest BCUT2D eigenvalue weighted by molar-refractivity contribution is 0.0956. The Morgan fingerprint density at radius 2 is 1.97 bits per heavy atom. The molecule has 2 aromatic heterocycles. The minimum Gasteiger partial charge on any atom is -0.494 e. The molecule has 0 unspecified atom stereocenters. The Kier molecular flexibility index (Phi) is 6.69. The molecule has 0 bridgehead atoms. The number of hydrazone groups is 1. The Morgan fingerprint density at radius 1 is 1.13 bits per heavy atom. The van der Waals surface area contributed by atoms with Gasteiger partial charge in [-0.1, -0.05) is 37.6 Å². The van der Waals surface area contributed by atoms with Gasteiger partial charge in [-0.25, -0.2) is 10.4 Å². The number of ether oxygens (including phenoxy) is 1. The van der Waals surface area contributed by atoms with Crippen molar-refractivity contribution in [2.45, 2.75) is 19.8 Å². The third-order valence-corrected chi connectivity index (χ3v) is 5.65. The van der Waals surface area contributed by atoms with Crippen molar-refractivity contribution in [3.63, 3.8) is 0 Å². The van der Waals surface area contributed by atoms with Gasteiger partial charge in [0.15, 0.2) is 0 Å². The molecule has 4 rings (SSSR count). The normalized spacial score (nSPS) is 11.1. The molecule has 0 saturated heterocycles. The molecular formula is C25H23N3O2S. The minimum absolute atomic E-state index is 0.271. The predicted molar refractivity (Wildman–Crippen MR) is 127 cm³/mol. The number of rotatable bonds is 8. The molecule has 2 aromatic carbocycles. The van der Waals surface area contributed by atoms with E-state index in [0.29, 0.717) is 12.2 Å². The van der Waals surface area contributed by atoms with Crippen LogP contribution in [0.3, 0.4) is 0 Å². The summed E-state index contributed by atoms with van der Waals surface area (Å²) in [4.78, 5) is 18.6. The van der Waals surface area contributed by atoms with E-state index in [1.165, 1.54) is 0 Å². The maximum atomic E-state index is 12.9. The average molecular weight is 430 g/mol. The lowest BCUT2D eigenvalue weighted by Crippen LogP contribution is -2.18. The molecular weight excluding hydrogens is 406 g/mol. The predicted octanol–water partition coefficient (Wildman–Crippen LogP) is 5.91. The largest absolute Gasteiger partial charge is 0.494 e. The second-order valence-corrected chi connectivity index (χ2v) is 7.97. The van der Waals surface area contributed by atoms with E-state index in [9.17, 15) is 4.79 Å². The zero-order chi connectivity index (χ0) is 21.5. The first-order valence-electron chi connectivity index (χ1n) is 10.2. The first kappa shape index (κ1) is 20.8. The summed E-state index contributed by atoms with van der Waals surface area (Å²) in [6, 6.07) is 21.1. The first-order valence-corrected chi connectivity index (χ1v) is 11.1. The summed E-state index contributed by atoms with van der Waals surface area (Å²) in [5.41, 5.74) is 5.63. The molecule has 0 fully saturated rings. The van der Waals surface area contributed by atoms with Gasteiger partial charge < -0.3 is 4.74 Å². The number of benzene rings is 2. The summed E-state index contributed by atoms with van der Waals surface area (Å²) in [5.74, 6) is 0.561. The van der Waals surface area contributed by atoms with E-state index in [1.807, 2.05) is 72.1 Å². The van der Waals surface area contributed by atoms with Crippen molar-refractivity contribution in [2.24, 2.45) is 5.10 Å². The number of pyridine rings is 1. The first-order chi connectivity index (χ1) is 15.2. The second-order valence-electron chi connectivity index (χ2n) is 7.02. The van der Waals surface area contributed by atoms with Gasteiger partial charge >= 0.3 is 0 Å². The minimum atomic E-state index is -0.271. The number of unbranched alkanes of at least 4 members (excludes halogenated alkanes) is 1. The van der Waals surface area contributed by atoms with Crippen LogP contribution in [-0.4, -0.2) is 23.7 Å². The van der Waals surface area contributed by atoms with Crippen molar-refractivity contribution >= 4 is 34.4 Å². The number of aromatic nitrogens is 1. The van der Waals surface area contributed by atoms with Gasteiger partial charge in [-0.05, 0) is 59.8 Å². The van der Waals surface area contributed by atoms with Crippen molar-refractivity contribution in [2.75, 3.05) is 6.61 Å². The van der Waals surface area contributed by atoms with Crippen LogP contribution >= 0.6 is 11.3 Å². The molecule has 31 heavy (non-hydrogen) atoms. The van der Waals surface area contributed by atoms with Gasteiger partial charge in [0, 0.05) is 5.39 Å². The number of thiophene rings is 1. The Labute approximate surface area is 185 Å². The highest BCUT2D eigenvalue weighted by atomic mass is 32.1. The van der Waals surface area contributed by atoms with E-state index in [-0.39, 0.29) is 5.91 Å². The molecule has 1 N–H and O–H groups in total. The number of amides is 1. The van der Waals surface area contributed by atoms with Crippen LogP contribution < -0.4 is 10.2 Å². The Balaban J connectivity index is 1.49. The molecule has 0 saturated carbocycles. The van der Waals surface area contributed by atoms with Gasteiger partial charge in [0.05, 0.1) is 34.5 Å². The van der Waals surface area contributed by atoms with Gasteiger partial charge in [-0.2, -0.15) is 5.10 Å². The van der Waals surface area contributed by atoms with Crippen molar-refractivity contribution in [1.29, 1.82) is 0 Å². The molecule has 0 spiro atoms. The number of nitrogens with zero attached hydrogens (tertiary/aromatic N) is 2. The Bertz CT molecular complexity index is 1190. The zero-order valence-electron chi connectivity index (χ0n) is 17.2. The van der Waals surface area contributed by atoms with E-state index < -0.39 is 0 Å². The van der Waals surface area contributed by atoms with Gasteiger partial charge in [0.1, 0.15) is 5.75 Å². The highest BCUT2D eigenvalue weighted by molar-refractivity contribution is 7.13. The van der Waals surface area contributed by atoms with Gasteiger partial charge in [-0.15, -0.1) is 11.3 Å². The molecule has 4 aromatic rings. The number of nitrogens with one attached hydrogen (secondary N) is 1. The third kappa shape index (κ3) is 5.16. The van der Waals surface area contributed by atoms with Crippen molar-refractivity contribution < 1.29 is 9.53 Å². The molecule has 0 aliphatic heterocycles. The Hall–Kier alpha value is -3.51. The zero-order valence-corrected chi connectivity index (χ0v) is 18.1. The maximum Gasteiger partial charge on any atom is 0.272 e. The third-order valence-electron chi connectivity index (χ3n) is 4.76. The summed E-state index contributed by atoms with van der Waals surface area (Å²) < 4.78 is 5.67. The fourth-order valence-corrected chi connectivity index (χ4v) is 3.81.